The monoisotopic (exact) mass is 281 g/mol. The van der Waals surface area contributed by atoms with E-state index in [9.17, 15) is 4.79 Å². The molecule has 0 bridgehead atoms. The summed E-state index contributed by atoms with van der Waals surface area (Å²) in [6.45, 7) is 8.46. The van der Waals surface area contributed by atoms with Crippen LogP contribution in [0.1, 0.15) is 23.9 Å². The molecule has 1 saturated heterocycles. The fraction of sp³-hybridized carbons (Fsp3) is 0.714. The summed E-state index contributed by atoms with van der Waals surface area (Å²) in [5.41, 5.74) is 1.66. The average molecular weight is 281 g/mol. The largest absolute Gasteiger partial charge is 0.378 e. The number of hydrogen-bond acceptors (Lipinski definition) is 5. The second-order valence-electron chi connectivity index (χ2n) is 5.28. The predicted octanol–water partition coefficient (Wildman–Crippen LogP) is 0.669. The van der Waals surface area contributed by atoms with Gasteiger partial charge in [0.25, 0.3) is 0 Å². The first-order chi connectivity index (χ1) is 9.55. The lowest BCUT2D eigenvalue weighted by Crippen LogP contribution is -2.44. The van der Waals surface area contributed by atoms with Crippen molar-refractivity contribution >= 4 is 5.91 Å². The van der Waals surface area contributed by atoms with Gasteiger partial charge in [0.15, 0.2) is 0 Å². The quantitative estimate of drug-likeness (QED) is 0.859. The summed E-state index contributed by atoms with van der Waals surface area (Å²) in [6, 6.07) is 0.0490. The number of likely N-dealkylation sites (tertiary alicyclic amines) is 1. The van der Waals surface area contributed by atoms with Gasteiger partial charge in [-0.15, -0.1) is 0 Å². The number of carbonyl (C=O) groups is 1. The standard InChI is InChI=1S/C14H23N3O3/c1-5-17-7-12(13(8-17)19-4)15-14(18)6-11-9(2)16-20-10(11)3/h12-13H,5-8H2,1-4H3,(H,15,18)/t12-,13-/m0/s1. The first kappa shape index (κ1) is 15.0. The SMILES string of the molecule is CCN1C[C@H](NC(=O)Cc2c(C)noc2C)[C@@H](OC)C1. The highest BCUT2D eigenvalue weighted by Gasteiger charge is 2.33. The van der Waals surface area contributed by atoms with Crippen LogP contribution in [0.4, 0.5) is 0 Å². The number of carbonyl (C=O) groups excluding carboxylic acids is 1. The van der Waals surface area contributed by atoms with Gasteiger partial charge in [0.1, 0.15) is 5.76 Å². The number of amides is 1. The highest BCUT2D eigenvalue weighted by atomic mass is 16.5. The number of nitrogens with zero attached hydrogens (tertiary/aromatic N) is 2. The normalized spacial score (nSPS) is 23.2. The minimum atomic E-state index is -0.00981. The summed E-state index contributed by atoms with van der Waals surface area (Å²) >= 11 is 0. The molecule has 112 valence electrons. The third-order valence-electron chi connectivity index (χ3n) is 3.96. The van der Waals surface area contributed by atoms with Gasteiger partial charge >= 0.3 is 0 Å². The van der Waals surface area contributed by atoms with Crippen LogP contribution in [0.15, 0.2) is 4.52 Å². The first-order valence-electron chi connectivity index (χ1n) is 7.01. The van der Waals surface area contributed by atoms with E-state index in [4.69, 9.17) is 9.26 Å². The van der Waals surface area contributed by atoms with E-state index < -0.39 is 0 Å². The molecule has 0 spiro atoms. The topological polar surface area (TPSA) is 67.6 Å². The average Bonchev–Trinajstić information content (AvgIpc) is 2.96. The Balaban J connectivity index is 1.94. The van der Waals surface area contributed by atoms with Gasteiger partial charge in [0, 0.05) is 25.8 Å². The number of likely N-dealkylation sites (N-methyl/N-ethyl adjacent to an activating group) is 1. The number of aromatic nitrogens is 1. The zero-order valence-electron chi connectivity index (χ0n) is 12.6. The van der Waals surface area contributed by atoms with Crippen LogP contribution in [0, 0.1) is 13.8 Å². The van der Waals surface area contributed by atoms with Gasteiger partial charge in [-0.3, -0.25) is 9.69 Å². The fourth-order valence-corrected chi connectivity index (χ4v) is 2.66. The molecule has 1 aliphatic heterocycles. The van der Waals surface area contributed by atoms with Crippen molar-refractivity contribution in [3.8, 4) is 0 Å². The van der Waals surface area contributed by atoms with Gasteiger partial charge in [-0.05, 0) is 20.4 Å². The Hall–Kier alpha value is -1.40. The van der Waals surface area contributed by atoms with E-state index >= 15 is 0 Å². The predicted molar refractivity (Wildman–Crippen MR) is 74.5 cm³/mol. The van der Waals surface area contributed by atoms with Gasteiger partial charge in [-0.25, -0.2) is 0 Å². The van der Waals surface area contributed by atoms with E-state index in [1.54, 1.807) is 7.11 Å². The van der Waals surface area contributed by atoms with Crippen LogP contribution in [0.25, 0.3) is 0 Å². The van der Waals surface area contributed by atoms with Gasteiger partial charge in [0.05, 0.1) is 24.3 Å². The van der Waals surface area contributed by atoms with Crippen molar-refractivity contribution in [2.45, 2.75) is 39.3 Å². The second kappa shape index (κ2) is 6.37. The Morgan fingerprint density at radius 2 is 2.25 bits per heavy atom. The minimum Gasteiger partial charge on any atom is -0.378 e. The van der Waals surface area contributed by atoms with Crippen LogP contribution in [-0.4, -0.2) is 54.9 Å². The minimum absolute atomic E-state index is 0.00981. The fourth-order valence-electron chi connectivity index (χ4n) is 2.66. The Labute approximate surface area is 119 Å². The van der Waals surface area contributed by atoms with Crippen molar-refractivity contribution < 1.29 is 14.1 Å². The summed E-state index contributed by atoms with van der Waals surface area (Å²) in [7, 11) is 1.69. The third-order valence-corrected chi connectivity index (χ3v) is 3.96. The molecule has 2 heterocycles. The maximum absolute atomic E-state index is 12.2. The van der Waals surface area contributed by atoms with E-state index in [1.807, 2.05) is 13.8 Å². The Bertz CT molecular complexity index is 453. The second-order valence-corrected chi connectivity index (χ2v) is 5.28. The van der Waals surface area contributed by atoms with Crippen LogP contribution in [0.5, 0.6) is 0 Å². The number of nitrogens with one attached hydrogen (secondary N) is 1. The third kappa shape index (κ3) is 3.19. The van der Waals surface area contributed by atoms with Crippen molar-refractivity contribution in [2.24, 2.45) is 0 Å². The lowest BCUT2D eigenvalue weighted by atomic mass is 10.1. The lowest BCUT2D eigenvalue weighted by Gasteiger charge is -2.18. The molecule has 1 amide bonds. The summed E-state index contributed by atoms with van der Waals surface area (Å²) in [4.78, 5) is 14.4. The molecule has 1 aromatic rings. The molecule has 0 saturated carbocycles. The highest BCUT2D eigenvalue weighted by molar-refractivity contribution is 5.79. The van der Waals surface area contributed by atoms with E-state index in [1.165, 1.54) is 0 Å². The van der Waals surface area contributed by atoms with Crippen LogP contribution >= 0.6 is 0 Å². The van der Waals surface area contributed by atoms with Crippen molar-refractivity contribution in [3.63, 3.8) is 0 Å². The molecule has 20 heavy (non-hydrogen) atoms. The molecule has 1 N–H and O–H groups in total. The van der Waals surface area contributed by atoms with Crippen molar-refractivity contribution in [1.29, 1.82) is 0 Å². The highest BCUT2D eigenvalue weighted by Crippen LogP contribution is 2.15. The van der Waals surface area contributed by atoms with Gasteiger partial charge < -0.3 is 14.6 Å². The molecule has 0 radical (unpaired) electrons. The van der Waals surface area contributed by atoms with E-state index in [0.29, 0.717) is 12.2 Å². The van der Waals surface area contributed by atoms with E-state index in [2.05, 4.69) is 22.3 Å². The van der Waals surface area contributed by atoms with Crippen LogP contribution < -0.4 is 5.32 Å². The van der Waals surface area contributed by atoms with Gasteiger partial charge in [-0.2, -0.15) is 0 Å². The van der Waals surface area contributed by atoms with Gasteiger partial charge in [-0.1, -0.05) is 12.1 Å². The smallest absolute Gasteiger partial charge is 0.224 e. The van der Waals surface area contributed by atoms with Gasteiger partial charge in [0.2, 0.25) is 5.91 Å². The zero-order chi connectivity index (χ0) is 14.7. The zero-order valence-corrected chi connectivity index (χ0v) is 12.6. The number of aryl methyl sites for hydroxylation is 2. The Kier molecular flexibility index (Phi) is 4.77. The van der Waals surface area contributed by atoms with Crippen molar-refractivity contribution in [1.82, 2.24) is 15.4 Å². The number of methoxy groups -OCH3 is 1. The number of hydrogen-bond donors (Lipinski definition) is 1. The first-order valence-corrected chi connectivity index (χ1v) is 7.01. The number of ether oxygens (including phenoxy) is 1. The molecule has 0 aliphatic carbocycles. The molecular weight excluding hydrogens is 258 g/mol. The van der Waals surface area contributed by atoms with Crippen molar-refractivity contribution in [3.05, 3.63) is 17.0 Å². The van der Waals surface area contributed by atoms with Crippen LogP contribution in [0.3, 0.4) is 0 Å². The summed E-state index contributed by atoms with van der Waals surface area (Å²) in [6.07, 6.45) is 0.365. The molecular formula is C14H23N3O3. The summed E-state index contributed by atoms with van der Waals surface area (Å²) < 4.78 is 10.5. The van der Waals surface area contributed by atoms with E-state index in [0.717, 1.165) is 30.9 Å². The molecule has 1 fully saturated rings. The Morgan fingerprint density at radius 1 is 1.50 bits per heavy atom. The summed E-state index contributed by atoms with van der Waals surface area (Å²) in [5.74, 6) is 0.701. The molecule has 2 atom stereocenters. The molecule has 0 aromatic carbocycles. The molecule has 6 heteroatoms. The molecule has 1 aliphatic rings. The molecule has 1 aromatic heterocycles. The Morgan fingerprint density at radius 3 is 2.80 bits per heavy atom. The van der Waals surface area contributed by atoms with Crippen LogP contribution in [0.2, 0.25) is 0 Å². The molecule has 0 unspecified atom stereocenters. The maximum Gasteiger partial charge on any atom is 0.224 e. The van der Waals surface area contributed by atoms with Crippen molar-refractivity contribution in [2.75, 3.05) is 26.7 Å². The maximum atomic E-state index is 12.2. The molecule has 2 rings (SSSR count). The molecule has 6 nitrogen and oxygen atoms in total. The lowest BCUT2D eigenvalue weighted by molar-refractivity contribution is -0.121. The summed E-state index contributed by atoms with van der Waals surface area (Å²) in [5, 5.41) is 6.93. The van der Waals surface area contributed by atoms with Crippen LogP contribution in [-0.2, 0) is 16.0 Å². The number of rotatable bonds is 5. The van der Waals surface area contributed by atoms with E-state index in [-0.39, 0.29) is 18.1 Å².